The summed E-state index contributed by atoms with van der Waals surface area (Å²) in [7, 11) is -3.85. The highest BCUT2D eigenvalue weighted by Crippen LogP contribution is 2.34. The smallest absolute Gasteiger partial charge is 0.264 e. The van der Waals surface area contributed by atoms with E-state index in [1.807, 2.05) is 0 Å². The van der Waals surface area contributed by atoms with Crippen LogP contribution in [0.1, 0.15) is 17.3 Å². The number of benzene rings is 1. The lowest BCUT2D eigenvalue weighted by molar-refractivity contribution is 0.531. The Balaban J connectivity index is 2.13. The summed E-state index contributed by atoms with van der Waals surface area (Å²) in [4.78, 5) is 3.13. The highest BCUT2D eigenvalue weighted by Gasteiger charge is 2.29. The molecule has 0 unspecified atom stereocenters. The summed E-state index contributed by atoms with van der Waals surface area (Å²) in [5.41, 5.74) is 1.97. The summed E-state index contributed by atoms with van der Waals surface area (Å²) in [6.07, 6.45) is 0. The van der Waals surface area contributed by atoms with E-state index in [0.29, 0.717) is 33.0 Å². The molecule has 0 atom stereocenters. The van der Waals surface area contributed by atoms with Gasteiger partial charge >= 0.3 is 0 Å². The van der Waals surface area contributed by atoms with Crippen LogP contribution in [0.5, 0.6) is 0 Å². The first kappa shape index (κ1) is 16.7. The molecule has 2 N–H and O–H groups in total. The second-order valence-corrected chi connectivity index (χ2v) is 7.76. The number of nitrogens with one attached hydrogen (secondary N) is 2. The Labute approximate surface area is 147 Å². The van der Waals surface area contributed by atoms with Gasteiger partial charge in [0, 0.05) is 22.8 Å². The van der Waals surface area contributed by atoms with E-state index in [1.165, 1.54) is 0 Å². The van der Waals surface area contributed by atoms with Gasteiger partial charge in [-0.25, -0.2) is 8.42 Å². The van der Waals surface area contributed by atoms with Crippen molar-refractivity contribution in [3.05, 3.63) is 46.0 Å². The molecule has 0 saturated heterocycles. The van der Waals surface area contributed by atoms with E-state index in [4.69, 9.17) is 4.42 Å². The Kier molecular flexibility index (Phi) is 4.22. The van der Waals surface area contributed by atoms with Crippen molar-refractivity contribution < 1.29 is 12.8 Å². The molecule has 0 spiro atoms. The molecule has 7 nitrogen and oxygen atoms in total. The number of aromatic nitrogens is 3. The largest absolute Gasteiger partial charge is 0.421 e. The number of hydrogen-bond donors (Lipinski definition) is 2. The molecule has 126 valence electrons. The Morgan fingerprint density at radius 1 is 1.12 bits per heavy atom. The van der Waals surface area contributed by atoms with Gasteiger partial charge in [0.25, 0.3) is 15.9 Å². The maximum atomic E-state index is 12.9. The molecule has 0 bridgehead atoms. The van der Waals surface area contributed by atoms with Crippen LogP contribution in [-0.4, -0.2) is 23.6 Å². The van der Waals surface area contributed by atoms with E-state index in [9.17, 15) is 8.42 Å². The molecule has 24 heavy (non-hydrogen) atoms. The van der Waals surface area contributed by atoms with Gasteiger partial charge < -0.3 is 9.40 Å². The van der Waals surface area contributed by atoms with Crippen LogP contribution in [0.25, 0.3) is 11.5 Å². The highest BCUT2D eigenvalue weighted by atomic mass is 79.9. The Morgan fingerprint density at radius 3 is 2.46 bits per heavy atom. The molecule has 0 radical (unpaired) electrons. The number of rotatable bonds is 4. The molecule has 2 aromatic heterocycles. The predicted octanol–water partition coefficient (Wildman–Crippen LogP) is 3.55. The van der Waals surface area contributed by atoms with Crippen LogP contribution >= 0.6 is 15.9 Å². The van der Waals surface area contributed by atoms with Gasteiger partial charge in [0.2, 0.25) is 5.89 Å². The molecule has 0 saturated carbocycles. The second-order valence-electron chi connectivity index (χ2n) is 5.29. The van der Waals surface area contributed by atoms with Crippen molar-refractivity contribution in [1.82, 2.24) is 15.2 Å². The van der Waals surface area contributed by atoms with Gasteiger partial charge in [-0.15, -0.1) is 10.2 Å². The monoisotopic (exact) mass is 410 g/mol. The molecule has 3 aromatic rings. The predicted molar refractivity (Wildman–Crippen MR) is 93.2 cm³/mol. The lowest BCUT2D eigenvalue weighted by Crippen LogP contribution is -2.14. The van der Waals surface area contributed by atoms with Gasteiger partial charge in [0.15, 0.2) is 0 Å². The minimum absolute atomic E-state index is 0.0967. The zero-order valence-corrected chi connectivity index (χ0v) is 15.6. The first-order valence-electron chi connectivity index (χ1n) is 7.06. The third-order valence-electron chi connectivity index (χ3n) is 3.44. The normalized spacial score (nSPS) is 11.7. The highest BCUT2D eigenvalue weighted by molar-refractivity contribution is 9.10. The zero-order valence-electron chi connectivity index (χ0n) is 13.2. The SMILES string of the molecule is Cc1nnc(-c2c(C)[nH]c(C)c2S(=O)(=O)Nc2ccccc2Br)o1. The lowest BCUT2D eigenvalue weighted by Gasteiger charge is -2.10. The van der Waals surface area contributed by atoms with E-state index < -0.39 is 10.0 Å². The number of nitrogens with zero attached hydrogens (tertiary/aromatic N) is 2. The summed E-state index contributed by atoms with van der Waals surface area (Å²) in [6.45, 7) is 5.10. The Hall–Kier alpha value is -2.13. The Morgan fingerprint density at radius 2 is 1.83 bits per heavy atom. The third kappa shape index (κ3) is 2.96. The minimum atomic E-state index is -3.85. The van der Waals surface area contributed by atoms with Crippen molar-refractivity contribution in [2.45, 2.75) is 25.7 Å². The number of anilines is 1. The van der Waals surface area contributed by atoms with Crippen molar-refractivity contribution in [2.75, 3.05) is 4.72 Å². The van der Waals surface area contributed by atoms with Crippen molar-refractivity contribution in [1.29, 1.82) is 0 Å². The van der Waals surface area contributed by atoms with Crippen LogP contribution in [-0.2, 0) is 10.0 Å². The maximum absolute atomic E-state index is 12.9. The number of aryl methyl sites for hydroxylation is 3. The number of hydrogen-bond acceptors (Lipinski definition) is 5. The van der Waals surface area contributed by atoms with Crippen LogP contribution in [0.15, 0.2) is 38.1 Å². The fourth-order valence-corrected chi connectivity index (χ4v) is 4.54. The number of halogens is 1. The van der Waals surface area contributed by atoms with E-state index in [-0.39, 0.29) is 10.8 Å². The van der Waals surface area contributed by atoms with Crippen molar-refractivity contribution in [2.24, 2.45) is 0 Å². The molecule has 0 aliphatic rings. The number of sulfonamides is 1. The van der Waals surface area contributed by atoms with Gasteiger partial charge in [-0.05, 0) is 41.9 Å². The molecule has 3 rings (SSSR count). The first-order chi connectivity index (χ1) is 11.3. The number of para-hydroxylation sites is 1. The third-order valence-corrected chi connectivity index (χ3v) is 5.67. The van der Waals surface area contributed by atoms with Crippen LogP contribution in [0.3, 0.4) is 0 Å². The van der Waals surface area contributed by atoms with Gasteiger partial charge in [0.05, 0.1) is 11.3 Å². The van der Waals surface area contributed by atoms with Crippen molar-refractivity contribution in [3.63, 3.8) is 0 Å². The molecular formula is C15H15BrN4O3S. The number of H-pyrrole nitrogens is 1. The van der Waals surface area contributed by atoms with Gasteiger partial charge in [-0.3, -0.25) is 4.72 Å². The summed E-state index contributed by atoms with van der Waals surface area (Å²) >= 11 is 3.34. The molecule has 0 aliphatic heterocycles. The summed E-state index contributed by atoms with van der Waals surface area (Å²) < 4.78 is 34.6. The lowest BCUT2D eigenvalue weighted by atomic mass is 10.2. The molecule has 9 heteroatoms. The summed E-state index contributed by atoms with van der Waals surface area (Å²) in [5, 5.41) is 7.73. The minimum Gasteiger partial charge on any atom is -0.421 e. The fraction of sp³-hybridized carbons (Fsp3) is 0.200. The van der Waals surface area contributed by atoms with Gasteiger partial charge in [-0.2, -0.15) is 0 Å². The molecule has 0 amide bonds. The number of aromatic amines is 1. The van der Waals surface area contributed by atoms with Crippen LogP contribution < -0.4 is 4.72 Å². The van der Waals surface area contributed by atoms with Gasteiger partial charge in [-0.1, -0.05) is 12.1 Å². The van der Waals surface area contributed by atoms with E-state index in [1.54, 1.807) is 45.0 Å². The average molecular weight is 411 g/mol. The molecule has 2 heterocycles. The maximum Gasteiger partial charge on any atom is 0.264 e. The molecule has 0 aliphatic carbocycles. The standard InChI is InChI=1S/C15H15BrN4O3S/c1-8-13(15-19-18-10(3)23-15)14(9(2)17-8)24(21,22)20-12-7-5-4-6-11(12)16/h4-7,17,20H,1-3H3. The molecular weight excluding hydrogens is 396 g/mol. The molecule has 1 aromatic carbocycles. The quantitative estimate of drug-likeness (QED) is 0.684. The van der Waals surface area contributed by atoms with E-state index in [2.05, 4.69) is 35.8 Å². The van der Waals surface area contributed by atoms with E-state index in [0.717, 1.165) is 0 Å². The zero-order chi connectivity index (χ0) is 17.5. The van der Waals surface area contributed by atoms with Crippen molar-refractivity contribution in [3.8, 4) is 11.5 Å². The fourth-order valence-electron chi connectivity index (χ4n) is 2.49. The Bertz CT molecular complexity index is 1010. The first-order valence-corrected chi connectivity index (χ1v) is 9.34. The summed E-state index contributed by atoms with van der Waals surface area (Å²) in [5.74, 6) is 0.534. The van der Waals surface area contributed by atoms with Gasteiger partial charge in [0.1, 0.15) is 4.90 Å². The average Bonchev–Trinajstić information content (AvgIpc) is 3.04. The topological polar surface area (TPSA) is 101 Å². The second kappa shape index (κ2) is 6.06. The van der Waals surface area contributed by atoms with Crippen molar-refractivity contribution >= 4 is 31.6 Å². The van der Waals surface area contributed by atoms with Crippen LogP contribution in [0.2, 0.25) is 0 Å². The summed E-state index contributed by atoms with van der Waals surface area (Å²) in [6, 6.07) is 6.99. The van der Waals surface area contributed by atoms with E-state index >= 15 is 0 Å². The molecule has 0 fully saturated rings. The van der Waals surface area contributed by atoms with Crippen LogP contribution in [0, 0.1) is 20.8 Å². The van der Waals surface area contributed by atoms with Crippen LogP contribution in [0.4, 0.5) is 5.69 Å².